The fraction of sp³-hybridized carbons (Fsp3) is 0.929. The molecule has 0 aromatic rings. The van der Waals surface area contributed by atoms with Crippen molar-refractivity contribution >= 4 is 0 Å². The molecule has 0 aliphatic heterocycles. The van der Waals surface area contributed by atoms with Gasteiger partial charge in [0.25, 0.3) is 0 Å². The Morgan fingerprint density at radius 2 is 1.75 bits per heavy atom. The zero-order valence-corrected chi connectivity index (χ0v) is 19.9. The Bertz CT molecular complexity index is 585. The van der Waals surface area contributed by atoms with Gasteiger partial charge < -0.3 is 0 Å². The predicted molar refractivity (Wildman–Crippen MR) is 122 cm³/mol. The van der Waals surface area contributed by atoms with Crippen molar-refractivity contribution in [2.75, 3.05) is 0 Å². The molecular weight excluding hydrogens is 336 g/mol. The van der Waals surface area contributed by atoms with Gasteiger partial charge in [-0.05, 0) is 104 Å². The van der Waals surface area contributed by atoms with E-state index in [0.717, 1.165) is 41.4 Å². The number of allylic oxidation sites excluding steroid dienone is 2. The first kappa shape index (κ1) is 21.0. The molecule has 4 aliphatic carbocycles. The van der Waals surface area contributed by atoms with Gasteiger partial charge in [-0.2, -0.15) is 0 Å². The van der Waals surface area contributed by atoms with Crippen molar-refractivity contribution in [2.24, 2.45) is 52.3 Å². The van der Waals surface area contributed by atoms with Crippen molar-refractivity contribution in [2.45, 2.75) is 112 Å². The quantitative estimate of drug-likeness (QED) is 0.416. The van der Waals surface area contributed by atoms with Crippen molar-refractivity contribution in [1.29, 1.82) is 0 Å². The van der Waals surface area contributed by atoms with Crippen LogP contribution in [0.25, 0.3) is 0 Å². The molecule has 0 aromatic heterocycles. The summed E-state index contributed by atoms with van der Waals surface area (Å²) in [4.78, 5) is 0. The van der Waals surface area contributed by atoms with Crippen LogP contribution in [0.4, 0.5) is 0 Å². The van der Waals surface area contributed by atoms with Gasteiger partial charge in [-0.1, -0.05) is 72.5 Å². The lowest BCUT2D eigenvalue weighted by Gasteiger charge is -2.58. The summed E-state index contributed by atoms with van der Waals surface area (Å²) in [5.41, 5.74) is 3.06. The molecule has 160 valence electrons. The van der Waals surface area contributed by atoms with Gasteiger partial charge in [-0.3, -0.25) is 0 Å². The van der Waals surface area contributed by atoms with Crippen molar-refractivity contribution < 1.29 is 0 Å². The Kier molecular flexibility index (Phi) is 5.83. The molecule has 8 atom stereocenters. The highest BCUT2D eigenvalue weighted by Gasteiger charge is 2.58. The number of hydrogen-bond acceptors (Lipinski definition) is 0. The Balaban J connectivity index is 1.49. The summed E-state index contributed by atoms with van der Waals surface area (Å²) >= 11 is 0. The fourth-order valence-electron chi connectivity index (χ4n) is 8.87. The van der Waals surface area contributed by atoms with E-state index < -0.39 is 0 Å². The molecule has 1 unspecified atom stereocenters. The Morgan fingerprint density at radius 3 is 2.50 bits per heavy atom. The molecule has 0 spiro atoms. The van der Waals surface area contributed by atoms with E-state index in [1.54, 1.807) is 0 Å². The third-order valence-corrected chi connectivity index (χ3v) is 10.6. The van der Waals surface area contributed by atoms with Crippen LogP contribution >= 0.6 is 0 Å². The van der Waals surface area contributed by atoms with E-state index in [-0.39, 0.29) is 0 Å². The van der Waals surface area contributed by atoms with Crippen molar-refractivity contribution in [3.05, 3.63) is 11.6 Å². The van der Waals surface area contributed by atoms with Gasteiger partial charge in [0.1, 0.15) is 0 Å². The highest BCUT2D eigenvalue weighted by atomic mass is 14.6. The molecule has 0 saturated heterocycles. The van der Waals surface area contributed by atoms with Crippen LogP contribution in [0.5, 0.6) is 0 Å². The van der Waals surface area contributed by atoms with Crippen molar-refractivity contribution in [3.63, 3.8) is 0 Å². The number of hydrogen-bond donors (Lipinski definition) is 0. The van der Waals surface area contributed by atoms with Gasteiger partial charge in [0.2, 0.25) is 0 Å². The Hall–Kier alpha value is -0.260. The number of rotatable bonds is 5. The van der Waals surface area contributed by atoms with E-state index in [9.17, 15) is 0 Å². The predicted octanol–water partition coefficient (Wildman–Crippen LogP) is 8.66. The average molecular weight is 385 g/mol. The maximum absolute atomic E-state index is 2.75. The first-order valence-corrected chi connectivity index (χ1v) is 12.9. The molecule has 0 aromatic carbocycles. The van der Waals surface area contributed by atoms with Gasteiger partial charge in [-0.15, -0.1) is 0 Å². The summed E-state index contributed by atoms with van der Waals surface area (Å²) in [5, 5.41) is 0. The zero-order valence-electron chi connectivity index (χ0n) is 19.9. The topological polar surface area (TPSA) is 0 Å². The Labute approximate surface area is 176 Å². The van der Waals surface area contributed by atoms with E-state index in [2.05, 4.69) is 47.6 Å². The lowest BCUT2D eigenvalue weighted by molar-refractivity contribution is -0.0523. The largest absolute Gasteiger partial charge is 0.0845 e. The molecule has 3 saturated carbocycles. The number of fused-ring (bicyclic) bond motifs is 5. The first-order valence-electron chi connectivity index (χ1n) is 12.9. The smallest absolute Gasteiger partial charge is 0.00851 e. The van der Waals surface area contributed by atoms with Crippen LogP contribution < -0.4 is 0 Å². The Morgan fingerprint density at radius 1 is 0.964 bits per heavy atom. The second-order valence-electron chi connectivity index (χ2n) is 12.6. The maximum Gasteiger partial charge on any atom is -0.00851 e. The van der Waals surface area contributed by atoms with Gasteiger partial charge in [0.15, 0.2) is 0 Å². The molecule has 0 amide bonds. The minimum absolute atomic E-state index is 0.553. The molecule has 0 heteroatoms. The van der Waals surface area contributed by atoms with Crippen LogP contribution in [0.2, 0.25) is 0 Å². The molecule has 4 rings (SSSR count). The van der Waals surface area contributed by atoms with Gasteiger partial charge in [0.05, 0.1) is 0 Å². The standard InChI is InChI=1S/C28H48/c1-19(2)8-7-9-21(4)24-12-13-25-23-11-10-22-18-20(3)14-16-27(22,5)26(23)15-17-28(24,25)6/h10,19-21,23-26H,7-9,11-18H2,1-6H3/t20?,21-,23+,24-,25+,26+,27+,28-/m0/s1. The van der Waals surface area contributed by atoms with Crippen LogP contribution in [0.15, 0.2) is 11.6 Å². The average Bonchev–Trinajstić information content (AvgIpc) is 2.99. The molecule has 0 N–H and O–H groups in total. The minimum atomic E-state index is 0.553. The minimum Gasteiger partial charge on any atom is -0.0845 e. The summed E-state index contributed by atoms with van der Waals surface area (Å²) in [6, 6.07) is 0. The summed E-state index contributed by atoms with van der Waals surface area (Å²) in [6.45, 7) is 15.3. The van der Waals surface area contributed by atoms with Crippen LogP contribution in [0.3, 0.4) is 0 Å². The summed E-state index contributed by atoms with van der Waals surface area (Å²) < 4.78 is 0. The van der Waals surface area contributed by atoms with Crippen LogP contribution in [0, 0.1) is 52.3 Å². The van der Waals surface area contributed by atoms with E-state index in [0.29, 0.717) is 10.8 Å². The third-order valence-electron chi connectivity index (χ3n) is 10.6. The normalized spacial score (nSPS) is 46.5. The van der Waals surface area contributed by atoms with Crippen molar-refractivity contribution in [1.82, 2.24) is 0 Å². The molecule has 3 fully saturated rings. The lowest BCUT2D eigenvalue weighted by atomic mass is 9.46. The molecule has 0 radical (unpaired) electrons. The first-order chi connectivity index (χ1) is 13.3. The molecule has 4 aliphatic rings. The van der Waals surface area contributed by atoms with Crippen LogP contribution in [-0.2, 0) is 0 Å². The summed E-state index contributed by atoms with van der Waals surface area (Å²) in [7, 11) is 0. The maximum atomic E-state index is 2.75. The van der Waals surface area contributed by atoms with E-state index in [1.165, 1.54) is 70.6 Å². The van der Waals surface area contributed by atoms with E-state index >= 15 is 0 Å². The monoisotopic (exact) mass is 384 g/mol. The van der Waals surface area contributed by atoms with Gasteiger partial charge in [0, 0.05) is 0 Å². The fourth-order valence-corrected chi connectivity index (χ4v) is 8.87. The zero-order chi connectivity index (χ0) is 20.1. The summed E-state index contributed by atoms with van der Waals surface area (Å²) in [6.07, 6.45) is 19.0. The van der Waals surface area contributed by atoms with Crippen molar-refractivity contribution in [3.8, 4) is 0 Å². The highest BCUT2D eigenvalue weighted by Crippen LogP contribution is 2.67. The SMILES string of the molecule is CC(C)CCC[C@H](C)[C@@H]1CC[C@@H]2[C@H]3CC=C4CC(C)CC[C@@]4(C)[C@@H]3CC[C@]21C. The van der Waals surface area contributed by atoms with Gasteiger partial charge >= 0.3 is 0 Å². The second-order valence-corrected chi connectivity index (χ2v) is 12.6. The van der Waals surface area contributed by atoms with Gasteiger partial charge in [-0.25, -0.2) is 0 Å². The lowest BCUT2D eigenvalue weighted by Crippen LogP contribution is -2.50. The molecule has 0 bridgehead atoms. The third kappa shape index (κ3) is 3.43. The van der Waals surface area contributed by atoms with E-state index in [1.807, 2.05) is 5.57 Å². The van der Waals surface area contributed by atoms with Crippen LogP contribution in [0.1, 0.15) is 112 Å². The second kappa shape index (κ2) is 7.77. The molecule has 0 heterocycles. The van der Waals surface area contributed by atoms with E-state index in [4.69, 9.17) is 0 Å². The molecular formula is C28H48. The molecule has 28 heavy (non-hydrogen) atoms. The highest BCUT2D eigenvalue weighted by molar-refractivity contribution is 5.25. The van der Waals surface area contributed by atoms with Crippen LogP contribution in [-0.4, -0.2) is 0 Å². The summed E-state index contributed by atoms with van der Waals surface area (Å²) in [5.74, 6) is 6.73. The molecule has 0 nitrogen and oxygen atoms in total.